The van der Waals surface area contributed by atoms with E-state index in [9.17, 15) is 4.79 Å². The van der Waals surface area contributed by atoms with E-state index in [4.69, 9.17) is 5.73 Å². The average molecular weight is 233 g/mol. The van der Waals surface area contributed by atoms with Crippen molar-refractivity contribution in [1.29, 1.82) is 0 Å². The Kier molecular flexibility index (Phi) is 5.36. The molecule has 0 bridgehead atoms. The molecule has 0 aliphatic rings. The molecule has 1 aromatic carbocycles. The van der Waals surface area contributed by atoms with E-state index in [1.807, 2.05) is 32.0 Å². The van der Waals surface area contributed by atoms with E-state index in [1.165, 1.54) is 5.56 Å². The van der Waals surface area contributed by atoms with Gasteiger partial charge in [-0.05, 0) is 12.0 Å². The Bertz CT molecular complexity index is 345. The van der Waals surface area contributed by atoms with Crippen LogP contribution in [0.3, 0.4) is 0 Å². The molecule has 0 radical (unpaired) electrons. The molecule has 17 heavy (non-hydrogen) atoms. The molecule has 0 heterocycles. The minimum absolute atomic E-state index is 0.00747. The number of benzene rings is 1. The number of Topliss-reactive ketones (excluding diaryl/α,β-unsaturated/α-hetero) is 1. The van der Waals surface area contributed by atoms with Gasteiger partial charge in [-0.1, -0.05) is 57.5 Å². The molecule has 94 valence electrons. The highest BCUT2D eigenvalue weighted by Gasteiger charge is 2.26. The Balaban J connectivity index is 2.90. The van der Waals surface area contributed by atoms with Gasteiger partial charge >= 0.3 is 0 Å². The minimum Gasteiger partial charge on any atom is -0.321 e. The first-order valence-electron chi connectivity index (χ1n) is 6.42. The molecular formula is C15H23NO. The first-order chi connectivity index (χ1) is 8.07. The van der Waals surface area contributed by atoms with Gasteiger partial charge in [0.25, 0.3) is 0 Å². The van der Waals surface area contributed by atoms with Gasteiger partial charge < -0.3 is 5.73 Å². The summed E-state index contributed by atoms with van der Waals surface area (Å²) in [4.78, 5) is 12.0. The Morgan fingerprint density at radius 2 is 1.82 bits per heavy atom. The van der Waals surface area contributed by atoms with Crippen LogP contribution in [0.5, 0.6) is 0 Å². The van der Waals surface area contributed by atoms with E-state index in [0.717, 1.165) is 12.8 Å². The topological polar surface area (TPSA) is 43.1 Å². The van der Waals surface area contributed by atoms with Gasteiger partial charge in [-0.25, -0.2) is 0 Å². The molecule has 0 amide bonds. The summed E-state index contributed by atoms with van der Waals surface area (Å²) in [7, 11) is 0. The van der Waals surface area contributed by atoms with Crippen molar-refractivity contribution in [2.75, 3.05) is 0 Å². The number of hydrogen-bond acceptors (Lipinski definition) is 2. The number of rotatable bonds is 6. The Hall–Kier alpha value is -1.15. The van der Waals surface area contributed by atoms with Crippen LogP contribution in [0.25, 0.3) is 0 Å². The van der Waals surface area contributed by atoms with Gasteiger partial charge in [-0.3, -0.25) is 4.79 Å². The van der Waals surface area contributed by atoms with Crippen molar-refractivity contribution in [2.24, 2.45) is 11.7 Å². The van der Waals surface area contributed by atoms with Crippen molar-refractivity contribution in [3.8, 4) is 0 Å². The van der Waals surface area contributed by atoms with Crippen molar-refractivity contribution < 1.29 is 4.79 Å². The maximum absolute atomic E-state index is 12.0. The van der Waals surface area contributed by atoms with Gasteiger partial charge in [0.05, 0.1) is 6.04 Å². The van der Waals surface area contributed by atoms with Crippen LogP contribution < -0.4 is 5.73 Å². The lowest BCUT2D eigenvalue weighted by atomic mass is 9.83. The molecule has 2 heteroatoms. The highest BCUT2D eigenvalue weighted by atomic mass is 16.1. The largest absolute Gasteiger partial charge is 0.321 e. The molecule has 0 aromatic heterocycles. The lowest BCUT2D eigenvalue weighted by Crippen LogP contribution is -2.39. The average Bonchev–Trinajstić information content (AvgIpc) is 2.35. The molecule has 1 aromatic rings. The van der Waals surface area contributed by atoms with E-state index in [1.54, 1.807) is 0 Å². The molecule has 0 fully saturated rings. The SMILES string of the molecule is CCCC(c1ccccc1)C(N)C(=O)C(C)C. The van der Waals surface area contributed by atoms with Gasteiger partial charge in [0, 0.05) is 11.8 Å². The molecule has 2 nitrogen and oxygen atoms in total. The summed E-state index contributed by atoms with van der Waals surface area (Å²) < 4.78 is 0. The van der Waals surface area contributed by atoms with Crippen molar-refractivity contribution in [2.45, 2.75) is 45.6 Å². The summed E-state index contributed by atoms with van der Waals surface area (Å²) >= 11 is 0. The fourth-order valence-electron chi connectivity index (χ4n) is 2.15. The fourth-order valence-corrected chi connectivity index (χ4v) is 2.15. The number of nitrogens with two attached hydrogens (primary N) is 1. The van der Waals surface area contributed by atoms with Crippen LogP contribution >= 0.6 is 0 Å². The molecule has 2 N–H and O–H groups in total. The second-order valence-electron chi connectivity index (χ2n) is 4.89. The van der Waals surface area contributed by atoms with Crippen LogP contribution in [0.1, 0.15) is 45.1 Å². The van der Waals surface area contributed by atoms with E-state index in [-0.39, 0.29) is 23.7 Å². The monoisotopic (exact) mass is 233 g/mol. The van der Waals surface area contributed by atoms with Gasteiger partial charge in [0.15, 0.2) is 5.78 Å². The third kappa shape index (κ3) is 3.67. The highest BCUT2D eigenvalue weighted by molar-refractivity contribution is 5.86. The fraction of sp³-hybridized carbons (Fsp3) is 0.533. The van der Waals surface area contributed by atoms with Gasteiger partial charge in [-0.15, -0.1) is 0 Å². The third-order valence-corrected chi connectivity index (χ3v) is 3.16. The van der Waals surface area contributed by atoms with Gasteiger partial charge in [0.2, 0.25) is 0 Å². The summed E-state index contributed by atoms with van der Waals surface area (Å²) in [5.41, 5.74) is 7.31. The van der Waals surface area contributed by atoms with Crippen LogP contribution in [-0.2, 0) is 4.79 Å². The van der Waals surface area contributed by atoms with E-state index in [0.29, 0.717) is 0 Å². The number of carbonyl (C=O) groups is 1. The molecule has 0 saturated heterocycles. The molecule has 2 atom stereocenters. The lowest BCUT2D eigenvalue weighted by molar-refractivity contribution is -0.123. The zero-order valence-corrected chi connectivity index (χ0v) is 11.0. The molecular weight excluding hydrogens is 210 g/mol. The normalized spacial score (nSPS) is 14.6. The highest BCUT2D eigenvalue weighted by Crippen LogP contribution is 2.25. The number of carbonyl (C=O) groups excluding carboxylic acids is 1. The summed E-state index contributed by atoms with van der Waals surface area (Å²) in [6.07, 6.45) is 2.00. The lowest BCUT2D eigenvalue weighted by Gasteiger charge is -2.24. The van der Waals surface area contributed by atoms with Gasteiger partial charge in [0.1, 0.15) is 0 Å². The van der Waals surface area contributed by atoms with Crippen LogP contribution in [0.4, 0.5) is 0 Å². The van der Waals surface area contributed by atoms with Gasteiger partial charge in [-0.2, -0.15) is 0 Å². The summed E-state index contributed by atoms with van der Waals surface area (Å²) in [5.74, 6) is 0.316. The summed E-state index contributed by atoms with van der Waals surface area (Å²) in [5, 5.41) is 0. The van der Waals surface area contributed by atoms with Crippen LogP contribution in [0, 0.1) is 5.92 Å². The van der Waals surface area contributed by atoms with Crippen LogP contribution in [0.15, 0.2) is 30.3 Å². The van der Waals surface area contributed by atoms with E-state index >= 15 is 0 Å². The Morgan fingerprint density at radius 3 is 2.29 bits per heavy atom. The van der Waals surface area contributed by atoms with Crippen molar-refractivity contribution in [3.63, 3.8) is 0 Å². The minimum atomic E-state index is -0.377. The first-order valence-corrected chi connectivity index (χ1v) is 6.42. The van der Waals surface area contributed by atoms with Crippen molar-refractivity contribution in [1.82, 2.24) is 0 Å². The van der Waals surface area contributed by atoms with E-state index < -0.39 is 0 Å². The molecule has 0 saturated carbocycles. The Labute approximate surface area is 104 Å². The maximum atomic E-state index is 12.0. The number of ketones is 1. The van der Waals surface area contributed by atoms with E-state index in [2.05, 4.69) is 19.1 Å². The Morgan fingerprint density at radius 1 is 1.24 bits per heavy atom. The molecule has 0 aliphatic heterocycles. The quantitative estimate of drug-likeness (QED) is 0.820. The first kappa shape index (κ1) is 13.9. The molecule has 1 rings (SSSR count). The van der Waals surface area contributed by atoms with Crippen LogP contribution in [-0.4, -0.2) is 11.8 Å². The maximum Gasteiger partial charge on any atom is 0.152 e. The van der Waals surface area contributed by atoms with Crippen LogP contribution in [0.2, 0.25) is 0 Å². The third-order valence-electron chi connectivity index (χ3n) is 3.16. The smallest absolute Gasteiger partial charge is 0.152 e. The predicted molar refractivity (Wildman–Crippen MR) is 71.9 cm³/mol. The second kappa shape index (κ2) is 6.55. The standard InChI is InChI=1S/C15H23NO/c1-4-8-13(12-9-6-5-7-10-12)14(16)15(17)11(2)3/h5-7,9-11,13-14H,4,8,16H2,1-3H3. The summed E-state index contributed by atoms with van der Waals surface area (Å²) in [6, 6.07) is 9.75. The van der Waals surface area contributed by atoms with Crippen molar-refractivity contribution >= 4 is 5.78 Å². The molecule has 0 aliphatic carbocycles. The predicted octanol–water partition coefficient (Wildman–Crippen LogP) is 3.12. The summed E-state index contributed by atoms with van der Waals surface area (Å²) in [6.45, 7) is 5.95. The zero-order chi connectivity index (χ0) is 12.8. The second-order valence-corrected chi connectivity index (χ2v) is 4.89. The molecule has 2 unspecified atom stereocenters. The number of hydrogen-bond donors (Lipinski definition) is 1. The van der Waals surface area contributed by atoms with Crippen molar-refractivity contribution in [3.05, 3.63) is 35.9 Å². The zero-order valence-electron chi connectivity index (χ0n) is 11.0. The molecule has 0 spiro atoms.